The van der Waals surface area contributed by atoms with E-state index in [2.05, 4.69) is 20.6 Å². The number of benzene rings is 7. The summed E-state index contributed by atoms with van der Waals surface area (Å²) in [5.41, 5.74) is 14.6. The number of nitrogens with zero attached hydrogens (tertiary/aromatic N) is 3. The van der Waals surface area contributed by atoms with Crippen molar-refractivity contribution in [1.82, 2.24) is 20.0 Å². The molecule has 0 saturated heterocycles. The SMILES string of the molecule is Nc1cccc(OC2=Cc3[nH]nc(/C=C/c4ccc(Cl)cc4)c3CC2)c1.O=C(Nc1cccc(Oc2ccc3c(/C=C/c4ccc(Cl)cc4)nn(C(=O)c4ccccc4)c3c2)c1)c1ccccc1. The Hall–Kier alpha value is -8.44. The number of anilines is 2. The number of halogens is 2. The Bertz CT molecular complexity index is 3330. The minimum atomic E-state index is -0.255. The van der Waals surface area contributed by atoms with E-state index in [1.165, 1.54) is 10.2 Å². The molecule has 7 aromatic carbocycles. The number of ether oxygens (including phenoxy) is 2. The van der Waals surface area contributed by atoms with Crippen molar-refractivity contribution in [3.05, 3.63) is 237 Å². The maximum atomic E-state index is 13.5. The molecule has 2 heterocycles. The monoisotopic (exact) mass is 932 g/mol. The summed E-state index contributed by atoms with van der Waals surface area (Å²) >= 11 is 11.9. The quantitative estimate of drug-likeness (QED) is 0.110. The molecular weight excluding hydrogens is 892 g/mol. The van der Waals surface area contributed by atoms with Crippen LogP contribution in [0.15, 0.2) is 182 Å². The number of aromatic nitrogens is 4. The van der Waals surface area contributed by atoms with Crippen LogP contribution in [0.25, 0.3) is 41.3 Å². The number of nitrogens with one attached hydrogen (secondary N) is 2. The zero-order valence-corrected chi connectivity index (χ0v) is 37.9. The third-order valence-corrected chi connectivity index (χ3v) is 11.3. The van der Waals surface area contributed by atoms with Crippen molar-refractivity contribution in [3.63, 3.8) is 0 Å². The molecule has 9 aromatic rings. The fourth-order valence-electron chi connectivity index (χ4n) is 7.43. The van der Waals surface area contributed by atoms with E-state index < -0.39 is 0 Å². The number of nitrogen functional groups attached to an aromatic ring is 1. The number of carbonyl (C=O) groups excluding carboxylic acids is 2. The van der Waals surface area contributed by atoms with Gasteiger partial charge in [-0.05, 0) is 115 Å². The predicted molar refractivity (Wildman–Crippen MR) is 274 cm³/mol. The van der Waals surface area contributed by atoms with Gasteiger partial charge in [-0.2, -0.15) is 14.9 Å². The van der Waals surface area contributed by atoms with Crippen molar-refractivity contribution in [3.8, 4) is 17.2 Å². The van der Waals surface area contributed by atoms with Gasteiger partial charge in [0.1, 0.15) is 23.0 Å². The highest BCUT2D eigenvalue weighted by Crippen LogP contribution is 2.32. The third-order valence-electron chi connectivity index (χ3n) is 10.8. The number of fused-ring (bicyclic) bond motifs is 2. The first-order valence-corrected chi connectivity index (χ1v) is 22.4. The van der Waals surface area contributed by atoms with E-state index in [0.717, 1.165) is 57.3 Å². The van der Waals surface area contributed by atoms with Crippen LogP contribution in [0.3, 0.4) is 0 Å². The summed E-state index contributed by atoms with van der Waals surface area (Å²) in [4.78, 5) is 26.1. The molecule has 1 aliphatic rings. The summed E-state index contributed by atoms with van der Waals surface area (Å²) in [5.74, 6) is 2.24. The van der Waals surface area contributed by atoms with Crippen LogP contribution >= 0.6 is 23.2 Å². The Morgan fingerprint density at radius 1 is 0.618 bits per heavy atom. The molecule has 0 unspecified atom stereocenters. The second kappa shape index (κ2) is 20.8. The van der Waals surface area contributed by atoms with Gasteiger partial charge in [0.05, 0.1) is 22.6 Å². The number of aromatic amines is 1. The van der Waals surface area contributed by atoms with Gasteiger partial charge in [-0.1, -0.05) is 108 Å². The lowest BCUT2D eigenvalue weighted by Gasteiger charge is -2.15. The first-order chi connectivity index (χ1) is 33.2. The third kappa shape index (κ3) is 11.1. The average Bonchev–Trinajstić information content (AvgIpc) is 3.94. The smallest absolute Gasteiger partial charge is 0.278 e. The number of nitrogens with two attached hydrogens (primary N) is 1. The average molecular weight is 934 g/mol. The molecule has 2 aromatic heterocycles. The van der Waals surface area contributed by atoms with E-state index in [1.807, 2.05) is 152 Å². The molecule has 0 saturated carbocycles. The summed E-state index contributed by atoms with van der Waals surface area (Å²) in [6.07, 6.45) is 11.6. The molecule has 0 radical (unpaired) electrons. The maximum Gasteiger partial charge on any atom is 0.278 e. The summed E-state index contributed by atoms with van der Waals surface area (Å²) < 4.78 is 13.5. The van der Waals surface area contributed by atoms with Gasteiger partial charge < -0.3 is 20.5 Å². The van der Waals surface area contributed by atoms with Gasteiger partial charge in [0.25, 0.3) is 11.8 Å². The van der Waals surface area contributed by atoms with Crippen LogP contribution in [0.5, 0.6) is 17.2 Å². The normalized spacial score (nSPS) is 12.0. The number of hydrogen-bond acceptors (Lipinski definition) is 7. The van der Waals surface area contributed by atoms with Gasteiger partial charge in [-0.3, -0.25) is 14.7 Å². The molecule has 0 bridgehead atoms. The van der Waals surface area contributed by atoms with Crippen LogP contribution in [-0.4, -0.2) is 31.8 Å². The number of rotatable bonds is 11. The summed E-state index contributed by atoms with van der Waals surface area (Å²) in [6.45, 7) is 0. The maximum absolute atomic E-state index is 13.5. The molecule has 68 heavy (non-hydrogen) atoms. The summed E-state index contributed by atoms with van der Waals surface area (Å²) in [6, 6.07) is 53.3. The molecule has 10 nitrogen and oxygen atoms in total. The number of H-pyrrole nitrogens is 1. The standard InChI is InChI=1S/C35H24ClN3O3.C21H18ClN3O/c36-27-17-14-24(15-18-27)16-21-32-31-20-19-30(23-33(31)39(38-32)35(41)26-10-5-2-6-11-26)42-29-13-7-12-28(22-29)37-34(40)25-8-3-1-4-9-25;22-15-7-4-14(5-8-15)6-11-20-19-10-9-18(13-21(19)25-24-20)26-17-3-1-2-16(23)12-17/h1-23H,(H,37,40);1-8,11-13H,9-10,23H2,(H,24,25)/b21-16+;11-6+. The molecule has 1 aliphatic carbocycles. The molecule has 4 N–H and O–H groups in total. The van der Waals surface area contributed by atoms with Crippen LogP contribution in [0, 0.1) is 0 Å². The van der Waals surface area contributed by atoms with Gasteiger partial charge in [0.2, 0.25) is 0 Å². The van der Waals surface area contributed by atoms with Gasteiger partial charge in [0, 0.05) is 74.2 Å². The van der Waals surface area contributed by atoms with Crippen molar-refractivity contribution in [2.45, 2.75) is 12.8 Å². The van der Waals surface area contributed by atoms with E-state index in [1.54, 1.807) is 54.6 Å². The lowest BCUT2D eigenvalue weighted by molar-refractivity contribution is 0.0949. The highest BCUT2D eigenvalue weighted by Gasteiger charge is 2.19. The Kier molecular flexibility index (Phi) is 13.7. The van der Waals surface area contributed by atoms with Crippen LogP contribution in [0.4, 0.5) is 11.4 Å². The van der Waals surface area contributed by atoms with Gasteiger partial charge in [0.15, 0.2) is 0 Å². The van der Waals surface area contributed by atoms with Crippen LogP contribution in [0.2, 0.25) is 10.0 Å². The second-order valence-corrected chi connectivity index (χ2v) is 16.5. The molecule has 0 aliphatic heterocycles. The van der Waals surface area contributed by atoms with Crippen molar-refractivity contribution >= 4 is 87.7 Å². The van der Waals surface area contributed by atoms with Crippen molar-refractivity contribution in [1.29, 1.82) is 0 Å². The second-order valence-electron chi connectivity index (χ2n) is 15.7. The summed E-state index contributed by atoms with van der Waals surface area (Å²) in [5, 5.41) is 17.3. The fourth-order valence-corrected chi connectivity index (χ4v) is 7.68. The first kappa shape index (κ1) is 44.7. The number of carbonyl (C=O) groups is 2. The molecule has 12 heteroatoms. The zero-order valence-electron chi connectivity index (χ0n) is 36.4. The molecular formula is C56H42Cl2N6O4. The van der Waals surface area contributed by atoms with Gasteiger partial charge in [-0.25, -0.2) is 0 Å². The van der Waals surface area contributed by atoms with Crippen LogP contribution < -0.4 is 20.5 Å². The molecule has 0 atom stereocenters. The number of hydrogen-bond donors (Lipinski definition) is 3. The zero-order chi connectivity index (χ0) is 46.8. The Morgan fingerprint density at radius 3 is 1.91 bits per heavy atom. The lowest BCUT2D eigenvalue weighted by atomic mass is 9.99. The highest BCUT2D eigenvalue weighted by molar-refractivity contribution is 6.30. The van der Waals surface area contributed by atoms with Gasteiger partial charge >= 0.3 is 0 Å². The Morgan fingerprint density at radius 2 is 1.24 bits per heavy atom. The molecule has 334 valence electrons. The van der Waals surface area contributed by atoms with Crippen molar-refractivity contribution in [2.24, 2.45) is 0 Å². The minimum Gasteiger partial charge on any atom is -0.462 e. The van der Waals surface area contributed by atoms with E-state index in [-0.39, 0.29) is 11.8 Å². The fraction of sp³-hybridized carbons (Fsp3) is 0.0357. The van der Waals surface area contributed by atoms with E-state index >= 15 is 0 Å². The van der Waals surface area contributed by atoms with E-state index in [4.69, 9.17) is 38.4 Å². The first-order valence-electron chi connectivity index (χ1n) is 21.7. The van der Waals surface area contributed by atoms with Crippen molar-refractivity contribution < 1.29 is 19.1 Å². The number of amides is 1. The van der Waals surface area contributed by atoms with Crippen molar-refractivity contribution in [2.75, 3.05) is 11.1 Å². The Labute approximate surface area is 402 Å². The minimum absolute atomic E-state index is 0.211. The summed E-state index contributed by atoms with van der Waals surface area (Å²) in [7, 11) is 0. The predicted octanol–water partition coefficient (Wildman–Crippen LogP) is 13.8. The Balaban J connectivity index is 0.000000190. The topological polar surface area (TPSA) is 137 Å². The van der Waals surface area contributed by atoms with Crippen LogP contribution in [-0.2, 0) is 6.42 Å². The van der Waals surface area contributed by atoms with Crippen LogP contribution in [0.1, 0.15) is 60.9 Å². The molecule has 0 spiro atoms. The van der Waals surface area contributed by atoms with E-state index in [0.29, 0.717) is 50.2 Å². The molecule has 10 rings (SSSR count). The largest absolute Gasteiger partial charge is 0.462 e. The lowest BCUT2D eigenvalue weighted by Crippen LogP contribution is -2.13. The highest BCUT2D eigenvalue weighted by atomic mass is 35.5. The van der Waals surface area contributed by atoms with Gasteiger partial charge in [-0.15, -0.1) is 0 Å². The molecule has 0 fully saturated rings. The number of allylic oxidation sites excluding steroid dienone is 1. The molecule has 1 amide bonds. The van der Waals surface area contributed by atoms with E-state index in [9.17, 15) is 9.59 Å².